The number of nitrogens with one attached hydrogen (secondary N) is 1. The van der Waals surface area contributed by atoms with E-state index in [-0.39, 0.29) is 17.6 Å². The standard InChI is InChI=1S/C20H21FN6O/c1-14-2-3-16(10-17(14)21)25-20(28)15-4-7-26(8-5-15)18-11-19(24-12-23-18)27-9-6-22-13-27/h2-3,6,9-13,15H,4-5,7-8H2,1H3,(H,25,28). The minimum Gasteiger partial charge on any atom is -0.356 e. The van der Waals surface area contributed by atoms with E-state index in [2.05, 4.69) is 25.2 Å². The van der Waals surface area contributed by atoms with Crippen LogP contribution < -0.4 is 10.2 Å². The van der Waals surface area contributed by atoms with Crippen molar-refractivity contribution in [1.29, 1.82) is 0 Å². The average molecular weight is 380 g/mol. The Morgan fingerprint density at radius 2 is 1.96 bits per heavy atom. The fourth-order valence-corrected chi connectivity index (χ4v) is 3.33. The van der Waals surface area contributed by atoms with Gasteiger partial charge in [0.1, 0.15) is 30.1 Å². The Balaban J connectivity index is 1.37. The van der Waals surface area contributed by atoms with Crippen LogP contribution in [0.2, 0.25) is 0 Å². The largest absolute Gasteiger partial charge is 0.356 e. The first-order valence-electron chi connectivity index (χ1n) is 9.22. The molecule has 1 fully saturated rings. The van der Waals surface area contributed by atoms with Crippen LogP contribution in [0.4, 0.5) is 15.9 Å². The van der Waals surface area contributed by atoms with Crippen molar-refractivity contribution in [2.24, 2.45) is 5.92 Å². The van der Waals surface area contributed by atoms with Gasteiger partial charge in [0.15, 0.2) is 0 Å². The van der Waals surface area contributed by atoms with Gasteiger partial charge in [0.05, 0.1) is 0 Å². The van der Waals surface area contributed by atoms with Gasteiger partial charge in [-0.25, -0.2) is 19.3 Å². The molecule has 144 valence electrons. The molecule has 1 amide bonds. The summed E-state index contributed by atoms with van der Waals surface area (Å²) < 4.78 is 15.5. The molecule has 0 atom stereocenters. The Kier molecular flexibility index (Phi) is 5.01. The van der Waals surface area contributed by atoms with Crippen molar-refractivity contribution in [2.45, 2.75) is 19.8 Å². The number of imidazole rings is 1. The lowest BCUT2D eigenvalue weighted by Gasteiger charge is -2.32. The van der Waals surface area contributed by atoms with Crippen LogP contribution in [0.25, 0.3) is 5.82 Å². The van der Waals surface area contributed by atoms with Crippen LogP contribution in [0.15, 0.2) is 49.3 Å². The quantitative estimate of drug-likeness (QED) is 0.753. The van der Waals surface area contributed by atoms with Crippen molar-refractivity contribution in [3.63, 3.8) is 0 Å². The molecule has 1 N–H and O–H groups in total. The first-order chi connectivity index (χ1) is 13.6. The maximum absolute atomic E-state index is 13.7. The van der Waals surface area contributed by atoms with E-state index in [1.54, 1.807) is 31.6 Å². The fourth-order valence-electron chi connectivity index (χ4n) is 3.33. The molecule has 0 unspecified atom stereocenters. The van der Waals surface area contributed by atoms with E-state index in [0.29, 0.717) is 24.1 Å². The lowest BCUT2D eigenvalue weighted by Crippen LogP contribution is -2.38. The number of benzene rings is 1. The maximum atomic E-state index is 13.7. The fraction of sp³-hybridized carbons (Fsp3) is 0.300. The summed E-state index contributed by atoms with van der Waals surface area (Å²) in [5.41, 5.74) is 1.06. The topological polar surface area (TPSA) is 75.9 Å². The van der Waals surface area contributed by atoms with Crippen molar-refractivity contribution in [2.75, 3.05) is 23.3 Å². The highest BCUT2D eigenvalue weighted by Gasteiger charge is 2.26. The van der Waals surface area contributed by atoms with Crippen molar-refractivity contribution < 1.29 is 9.18 Å². The molecule has 4 rings (SSSR count). The van der Waals surface area contributed by atoms with E-state index in [0.717, 1.165) is 24.7 Å². The van der Waals surface area contributed by atoms with Gasteiger partial charge < -0.3 is 10.2 Å². The Hall–Kier alpha value is -3.29. The highest BCUT2D eigenvalue weighted by molar-refractivity contribution is 5.92. The minimum absolute atomic E-state index is 0.0651. The monoisotopic (exact) mass is 380 g/mol. The third kappa shape index (κ3) is 3.85. The Morgan fingerprint density at radius 3 is 2.68 bits per heavy atom. The molecule has 0 aliphatic carbocycles. The van der Waals surface area contributed by atoms with Crippen molar-refractivity contribution in [3.8, 4) is 5.82 Å². The molecular weight excluding hydrogens is 359 g/mol. The Bertz CT molecular complexity index is 967. The second kappa shape index (κ2) is 7.75. The van der Waals surface area contributed by atoms with Crippen LogP contribution in [-0.2, 0) is 4.79 Å². The van der Waals surface area contributed by atoms with Gasteiger partial charge in [-0.2, -0.15) is 0 Å². The molecule has 1 saturated heterocycles. The molecular formula is C20H21FN6O. The number of halogens is 1. The number of aromatic nitrogens is 4. The molecule has 7 nitrogen and oxygen atoms in total. The summed E-state index contributed by atoms with van der Waals surface area (Å²) in [7, 11) is 0. The molecule has 1 aromatic carbocycles. The molecule has 0 radical (unpaired) electrons. The zero-order valence-corrected chi connectivity index (χ0v) is 15.5. The number of carbonyl (C=O) groups is 1. The van der Waals surface area contributed by atoms with Gasteiger partial charge in [-0.3, -0.25) is 9.36 Å². The molecule has 28 heavy (non-hydrogen) atoms. The normalized spacial score (nSPS) is 14.9. The predicted octanol–water partition coefficient (Wildman–Crippen LogP) is 2.96. The van der Waals surface area contributed by atoms with Crippen LogP contribution in [0.1, 0.15) is 18.4 Å². The smallest absolute Gasteiger partial charge is 0.227 e. The van der Waals surface area contributed by atoms with E-state index < -0.39 is 0 Å². The minimum atomic E-state index is -0.315. The second-order valence-corrected chi connectivity index (χ2v) is 6.92. The number of piperidine rings is 1. The van der Waals surface area contributed by atoms with Crippen LogP contribution >= 0.6 is 0 Å². The summed E-state index contributed by atoms with van der Waals surface area (Å²) in [6.07, 6.45) is 8.18. The summed E-state index contributed by atoms with van der Waals surface area (Å²) in [6.45, 7) is 3.14. The van der Waals surface area contributed by atoms with E-state index in [1.165, 1.54) is 12.4 Å². The zero-order chi connectivity index (χ0) is 19.5. The van der Waals surface area contributed by atoms with Gasteiger partial charge in [-0.05, 0) is 37.5 Å². The molecule has 2 aromatic heterocycles. The maximum Gasteiger partial charge on any atom is 0.227 e. The SMILES string of the molecule is Cc1ccc(NC(=O)C2CCN(c3cc(-n4ccnc4)ncn3)CC2)cc1F. The molecule has 0 saturated carbocycles. The van der Waals surface area contributed by atoms with Crippen LogP contribution in [-0.4, -0.2) is 38.5 Å². The molecule has 3 heterocycles. The van der Waals surface area contributed by atoms with Gasteiger partial charge in [-0.1, -0.05) is 6.07 Å². The highest BCUT2D eigenvalue weighted by Crippen LogP contribution is 2.24. The Labute approximate surface area is 162 Å². The number of hydrogen-bond donors (Lipinski definition) is 1. The zero-order valence-electron chi connectivity index (χ0n) is 15.5. The van der Waals surface area contributed by atoms with Crippen molar-refractivity contribution in [1.82, 2.24) is 19.5 Å². The number of amides is 1. The first kappa shape index (κ1) is 18.1. The van der Waals surface area contributed by atoms with E-state index in [9.17, 15) is 9.18 Å². The molecule has 1 aliphatic heterocycles. The first-order valence-corrected chi connectivity index (χ1v) is 9.22. The second-order valence-electron chi connectivity index (χ2n) is 6.92. The summed E-state index contributed by atoms with van der Waals surface area (Å²) in [5, 5.41) is 2.83. The molecule has 8 heteroatoms. The van der Waals surface area contributed by atoms with Gasteiger partial charge in [0, 0.05) is 43.2 Å². The summed E-state index contributed by atoms with van der Waals surface area (Å²) >= 11 is 0. The third-order valence-electron chi connectivity index (χ3n) is 5.04. The average Bonchev–Trinajstić information content (AvgIpc) is 3.26. The van der Waals surface area contributed by atoms with Crippen LogP contribution in [0, 0.1) is 18.7 Å². The number of aryl methyl sites for hydroxylation is 1. The summed E-state index contributed by atoms with van der Waals surface area (Å²) in [5.74, 6) is 1.10. The number of anilines is 2. The van der Waals surface area contributed by atoms with Crippen LogP contribution in [0.3, 0.4) is 0 Å². The van der Waals surface area contributed by atoms with E-state index in [1.807, 2.05) is 16.8 Å². The van der Waals surface area contributed by atoms with Gasteiger partial charge in [0.25, 0.3) is 0 Å². The van der Waals surface area contributed by atoms with Crippen LogP contribution in [0.5, 0.6) is 0 Å². The number of nitrogens with zero attached hydrogens (tertiary/aromatic N) is 5. The third-order valence-corrected chi connectivity index (χ3v) is 5.04. The van der Waals surface area contributed by atoms with Crippen molar-refractivity contribution >= 4 is 17.4 Å². The lowest BCUT2D eigenvalue weighted by atomic mass is 9.95. The van der Waals surface area contributed by atoms with Crippen molar-refractivity contribution in [3.05, 3.63) is 60.7 Å². The van der Waals surface area contributed by atoms with Gasteiger partial charge in [0.2, 0.25) is 5.91 Å². The molecule has 3 aromatic rings. The van der Waals surface area contributed by atoms with E-state index in [4.69, 9.17) is 0 Å². The Morgan fingerprint density at radius 1 is 1.18 bits per heavy atom. The molecule has 0 bridgehead atoms. The predicted molar refractivity (Wildman–Crippen MR) is 104 cm³/mol. The number of hydrogen-bond acceptors (Lipinski definition) is 5. The highest BCUT2D eigenvalue weighted by atomic mass is 19.1. The van der Waals surface area contributed by atoms with Gasteiger partial charge in [-0.15, -0.1) is 0 Å². The summed E-state index contributed by atoms with van der Waals surface area (Å²) in [4.78, 5) is 27.4. The summed E-state index contributed by atoms with van der Waals surface area (Å²) in [6, 6.07) is 6.67. The van der Waals surface area contributed by atoms with Gasteiger partial charge >= 0.3 is 0 Å². The lowest BCUT2D eigenvalue weighted by molar-refractivity contribution is -0.120. The number of rotatable bonds is 4. The van der Waals surface area contributed by atoms with E-state index >= 15 is 0 Å². The molecule has 0 spiro atoms. The molecule has 1 aliphatic rings. The number of carbonyl (C=O) groups excluding carboxylic acids is 1.